The van der Waals surface area contributed by atoms with Crippen molar-refractivity contribution in [2.24, 2.45) is 23.5 Å². The van der Waals surface area contributed by atoms with Crippen LogP contribution in [0.2, 0.25) is 5.02 Å². The third-order valence-corrected chi connectivity index (χ3v) is 18.9. The number of allylic oxidation sites excluding steroid dienone is 3. The maximum Gasteiger partial charge on any atom is 0.409 e. The van der Waals surface area contributed by atoms with Gasteiger partial charge in [0, 0.05) is 88.0 Å². The van der Waals surface area contributed by atoms with Crippen molar-refractivity contribution >= 4 is 96.4 Å². The number of urea groups is 1. The number of halogens is 2. The number of epoxide rings is 1. The number of primary amides is 1. The van der Waals surface area contributed by atoms with Crippen LogP contribution in [0.4, 0.5) is 15.3 Å². The summed E-state index contributed by atoms with van der Waals surface area (Å²) in [6.45, 7) is 15.8. The standard InChI is InChI=1S/C63H86BrClN6O17S/c1-35(2)45(31-44(72)19-14-13-15-25-85-58(77)38(5)34-64)56(75)68-46(20-17-24-67-60(66)79)48(73)29-42-22-23-43(30-50(42)89(12,82)83)57(76)70(9)40(7)59(78)87-52-32-53(74)71(10)47-28-41(27-37(4)54(47)65)26-36(3)18-16-21-51(84-11)63(81)33-49(86-61(80)69-63)39(6)55-62(52,8)88-55/h16,18,21-23,27-28,30,35,39-40,45-46,49,51-52,55,81H,5,13-15,17,19-20,24-26,29,31-34H2,1-4,6-12H3,(H,68,75)(H,69,80)(H3,66,67,79)/b21-16+,36-18+/t39-,40+,45+,46+,49+,51-,52+,55+,62+,63+/m1/s1. The molecule has 89 heavy (non-hydrogen) atoms. The predicted octanol–water partition coefficient (Wildman–Crippen LogP) is 6.86. The van der Waals surface area contributed by atoms with Crippen molar-refractivity contribution in [2.45, 2.75) is 172 Å². The monoisotopic (exact) mass is 1340 g/mol. The minimum Gasteiger partial charge on any atom is -0.462 e. The van der Waals surface area contributed by atoms with Crippen molar-refractivity contribution in [3.63, 3.8) is 0 Å². The number of likely N-dealkylation sites (N-methyl/N-ethyl adjacent to an activating group) is 1. The zero-order valence-electron chi connectivity index (χ0n) is 52.5. The normalized spacial score (nSPS) is 24.0. The molecule has 0 radical (unpaired) electrons. The van der Waals surface area contributed by atoms with Crippen LogP contribution in [0.15, 0.2) is 71.2 Å². The molecule has 23 nitrogen and oxygen atoms in total. The Hall–Kier alpha value is -6.51. The van der Waals surface area contributed by atoms with Gasteiger partial charge in [0.05, 0.1) is 40.8 Å². The molecule has 0 aromatic heterocycles. The minimum atomic E-state index is -4.19. The van der Waals surface area contributed by atoms with Crippen LogP contribution in [0, 0.1) is 24.7 Å². The number of Topliss-reactive ketones (excluding diaryl/α,β-unsaturated/α-hetero) is 2. The first-order chi connectivity index (χ1) is 41.6. The summed E-state index contributed by atoms with van der Waals surface area (Å²) >= 11 is 10.0. The number of rotatable bonds is 26. The van der Waals surface area contributed by atoms with Crippen molar-refractivity contribution in [1.82, 2.24) is 20.9 Å². The predicted molar refractivity (Wildman–Crippen MR) is 336 cm³/mol. The molecule has 0 spiro atoms. The molecule has 0 unspecified atom stereocenters. The smallest absolute Gasteiger partial charge is 0.409 e. The van der Waals surface area contributed by atoms with Crippen molar-refractivity contribution in [3.8, 4) is 0 Å². The molecule has 6 amide bonds. The quantitative estimate of drug-likeness (QED) is 0.0160. The lowest BCUT2D eigenvalue weighted by atomic mass is 9.83. The molecule has 2 saturated heterocycles. The number of alkyl carbamates (subject to hydrolysis) is 1. The number of nitrogens with zero attached hydrogens (tertiary/aromatic N) is 2. The fourth-order valence-corrected chi connectivity index (χ4v) is 12.3. The van der Waals surface area contributed by atoms with E-state index in [-0.39, 0.29) is 83.9 Å². The largest absolute Gasteiger partial charge is 0.462 e. The molecule has 2 aromatic carbocycles. The van der Waals surface area contributed by atoms with Crippen molar-refractivity contribution in [1.29, 1.82) is 0 Å². The molecule has 3 heterocycles. The van der Waals surface area contributed by atoms with Gasteiger partial charge in [-0.15, -0.1) is 0 Å². The van der Waals surface area contributed by atoms with E-state index in [1.165, 1.54) is 45.2 Å². The Balaban J connectivity index is 1.37. The Morgan fingerprint density at radius 3 is 2.39 bits per heavy atom. The van der Waals surface area contributed by atoms with E-state index in [1.807, 2.05) is 26.0 Å². The highest BCUT2D eigenvalue weighted by Crippen LogP contribution is 2.49. The number of ketones is 2. The van der Waals surface area contributed by atoms with Crippen LogP contribution in [-0.4, -0.2) is 166 Å². The van der Waals surface area contributed by atoms with Gasteiger partial charge in [-0.2, -0.15) is 0 Å². The molecule has 3 aliphatic rings. The fraction of sp³-hybridized carbons (Fsp3) is 0.571. The lowest BCUT2D eigenvalue weighted by Gasteiger charge is -2.42. The van der Waals surface area contributed by atoms with Crippen LogP contribution in [-0.2, 0) is 75.1 Å². The maximum atomic E-state index is 14.5. The molecule has 10 atom stereocenters. The van der Waals surface area contributed by atoms with E-state index < -0.39 is 130 Å². The highest BCUT2D eigenvalue weighted by Gasteiger charge is 2.64. The number of benzene rings is 2. The summed E-state index contributed by atoms with van der Waals surface area (Å²) in [5.41, 5.74) is 4.82. The summed E-state index contributed by atoms with van der Waals surface area (Å²) in [7, 11) is 0.0373. The number of anilines is 1. The Labute approximate surface area is 534 Å². The number of unbranched alkanes of at least 4 members (excludes halogenated alkanes) is 2. The molecule has 0 saturated carbocycles. The van der Waals surface area contributed by atoms with E-state index in [0.717, 1.165) is 28.4 Å². The van der Waals surface area contributed by atoms with Gasteiger partial charge in [-0.25, -0.2) is 27.6 Å². The third-order valence-electron chi connectivity index (χ3n) is 16.6. The van der Waals surface area contributed by atoms with Crippen molar-refractivity contribution < 1.29 is 80.4 Å². The number of fused-ring (bicyclic) bond motifs is 5. The first-order valence-electron chi connectivity index (χ1n) is 29.6. The summed E-state index contributed by atoms with van der Waals surface area (Å²) < 4.78 is 56.2. The number of esters is 2. The summed E-state index contributed by atoms with van der Waals surface area (Å²) in [6.07, 6.45) is 2.07. The van der Waals surface area contributed by atoms with Crippen molar-refractivity contribution in [3.05, 3.63) is 93.6 Å². The van der Waals surface area contributed by atoms with Crippen LogP contribution >= 0.6 is 27.5 Å². The summed E-state index contributed by atoms with van der Waals surface area (Å²) in [5.74, 6) is -6.07. The van der Waals surface area contributed by atoms with Gasteiger partial charge in [0.15, 0.2) is 21.3 Å². The molecule has 26 heteroatoms. The van der Waals surface area contributed by atoms with Crippen molar-refractivity contribution in [2.75, 3.05) is 50.8 Å². The first-order valence-corrected chi connectivity index (χ1v) is 33.0. The molecule has 490 valence electrons. The topological polar surface area (TPSA) is 326 Å². The van der Waals surface area contributed by atoms with Gasteiger partial charge < -0.3 is 55.0 Å². The third kappa shape index (κ3) is 19.7. The second-order valence-electron chi connectivity index (χ2n) is 23.9. The number of nitrogens with two attached hydrogens (primary N) is 1. The van der Waals surface area contributed by atoms with E-state index in [1.54, 1.807) is 45.9 Å². The SMILES string of the molecule is C=C(CBr)C(=O)OCCCCCC(=O)C[C@H](C(=O)N[C@@H](CCCNC(N)=O)C(=O)Cc1ccc(C(=O)N(C)[C@@H](C)C(=O)O[C@H]2CC(=O)N(C)c3cc(cc(C)c3Cl)C/C(C)=C/C=C/[C@@H](OC)[C@@]3(O)C[C@H](OC(=O)N3)[C@@H](C)[C@@H]3O[C@@]23C)cc1S(C)(=O)=O)C(C)C. The summed E-state index contributed by atoms with van der Waals surface area (Å²) in [5, 5.41) is 20.2. The molecule has 4 bridgehead atoms. The number of hydrogen-bond acceptors (Lipinski definition) is 17. The Morgan fingerprint density at radius 1 is 1.06 bits per heavy atom. The average Bonchev–Trinajstić information content (AvgIpc) is 1.64. The molecule has 0 aliphatic carbocycles. The maximum absolute atomic E-state index is 14.5. The number of ether oxygens (including phenoxy) is 5. The van der Waals surface area contributed by atoms with E-state index in [0.29, 0.717) is 42.0 Å². The number of hydrogen-bond donors (Lipinski definition) is 5. The second-order valence-corrected chi connectivity index (χ2v) is 26.9. The van der Waals surface area contributed by atoms with E-state index in [2.05, 4.69) is 38.5 Å². The minimum absolute atomic E-state index is 0.0101. The lowest BCUT2D eigenvalue weighted by Crippen LogP contribution is -2.63. The van der Waals surface area contributed by atoms with Gasteiger partial charge in [0.1, 0.15) is 35.7 Å². The molecule has 6 N–H and O–H groups in total. The second kappa shape index (κ2) is 32.0. The van der Waals surface area contributed by atoms with Gasteiger partial charge in [-0.05, 0) is 107 Å². The molecular formula is C63H86BrClN6O17S. The number of amides is 6. The number of aliphatic hydroxyl groups is 1. The Kier molecular flexibility index (Phi) is 26.3. The lowest BCUT2D eigenvalue weighted by molar-refractivity contribution is -0.158. The van der Waals surface area contributed by atoms with Gasteiger partial charge in [0.25, 0.3) is 5.91 Å². The van der Waals surface area contributed by atoms with E-state index >= 15 is 0 Å². The van der Waals surface area contributed by atoms with E-state index in [4.69, 9.17) is 41.0 Å². The Morgan fingerprint density at radius 2 is 1.75 bits per heavy atom. The fourth-order valence-electron chi connectivity index (χ4n) is 10.9. The van der Waals surface area contributed by atoms with Gasteiger partial charge in [0.2, 0.25) is 11.8 Å². The van der Waals surface area contributed by atoms with Gasteiger partial charge in [-0.3, -0.25) is 29.3 Å². The number of nitrogens with one attached hydrogen (secondary N) is 3. The highest BCUT2D eigenvalue weighted by molar-refractivity contribution is 9.09. The van der Waals surface area contributed by atoms with Crippen LogP contribution in [0.5, 0.6) is 0 Å². The number of carbonyl (C=O) groups excluding carboxylic acids is 9. The zero-order chi connectivity index (χ0) is 66.5. The number of alkyl halides is 1. The average molecular weight is 1350 g/mol. The number of carbonyl (C=O) groups is 9. The zero-order valence-corrected chi connectivity index (χ0v) is 55.7. The molecule has 2 fully saturated rings. The van der Waals surface area contributed by atoms with Gasteiger partial charge in [-0.1, -0.05) is 90.8 Å². The highest BCUT2D eigenvalue weighted by atomic mass is 79.9. The van der Waals surface area contributed by atoms with Crippen LogP contribution in [0.25, 0.3) is 0 Å². The summed E-state index contributed by atoms with van der Waals surface area (Å²) in [4.78, 5) is 123. The molecular weight excluding hydrogens is 1260 g/mol. The number of methoxy groups -OCH3 is 1. The first kappa shape index (κ1) is 73.2. The van der Waals surface area contributed by atoms with Crippen LogP contribution in [0.1, 0.15) is 126 Å². The molecule has 2 aromatic rings. The Bertz CT molecular complexity index is 3190. The van der Waals surface area contributed by atoms with Crippen LogP contribution in [0.3, 0.4) is 0 Å². The van der Waals surface area contributed by atoms with Crippen LogP contribution < -0.4 is 26.6 Å². The van der Waals surface area contributed by atoms with Gasteiger partial charge >= 0.3 is 24.1 Å². The number of sulfone groups is 1. The molecule has 5 rings (SSSR count). The van der Waals surface area contributed by atoms with E-state index in [9.17, 15) is 56.7 Å². The summed E-state index contributed by atoms with van der Waals surface area (Å²) in [6, 6.07) is 3.93. The molecule has 3 aliphatic heterocycles. The number of aryl methyl sites for hydroxylation is 1.